The van der Waals surface area contributed by atoms with Crippen LogP contribution in [0.2, 0.25) is 5.02 Å². The van der Waals surface area contributed by atoms with E-state index in [1.165, 1.54) is 11.3 Å². The number of nitrogens with zero attached hydrogens (tertiary/aromatic N) is 1. The molecule has 3 heteroatoms. The Bertz CT molecular complexity index is 589. The van der Waals surface area contributed by atoms with Gasteiger partial charge in [0, 0.05) is 37.4 Å². The van der Waals surface area contributed by atoms with Crippen molar-refractivity contribution in [3.63, 3.8) is 0 Å². The molecule has 2 aromatic rings. The number of hydrogen-bond donors (Lipinski definition) is 1. The van der Waals surface area contributed by atoms with Gasteiger partial charge >= 0.3 is 0 Å². The van der Waals surface area contributed by atoms with Crippen LogP contribution < -0.4 is 10.2 Å². The summed E-state index contributed by atoms with van der Waals surface area (Å²) in [5.74, 6) is 0. The molecule has 0 aliphatic rings. The third kappa shape index (κ3) is 4.23. The van der Waals surface area contributed by atoms with E-state index in [0.717, 1.165) is 22.7 Å². The van der Waals surface area contributed by atoms with Crippen LogP contribution in [-0.2, 0) is 6.54 Å². The van der Waals surface area contributed by atoms with Gasteiger partial charge < -0.3 is 10.2 Å². The van der Waals surface area contributed by atoms with Crippen LogP contribution in [-0.4, -0.2) is 20.1 Å². The average molecular weight is 303 g/mol. The minimum Gasteiger partial charge on any atom is -0.378 e. The maximum atomic E-state index is 6.40. The lowest BCUT2D eigenvalue weighted by Gasteiger charge is -2.13. The van der Waals surface area contributed by atoms with Crippen LogP contribution >= 0.6 is 11.6 Å². The summed E-state index contributed by atoms with van der Waals surface area (Å²) in [7, 11) is 4.09. The largest absolute Gasteiger partial charge is 0.378 e. The van der Waals surface area contributed by atoms with E-state index in [4.69, 9.17) is 11.6 Å². The molecule has 2 nitrogen and oxygen atoms in total. The summed E-state index contributed by atoms with van der Waals surface area (Å²) in [4.78, 5) is 2.09. The van der Waals surface area contributed by atoms with Gasteiger partial charge in [-0.15, -0.1) is 0 Å². The maximum absolute atomic E-state index is 6.40. The van der Waals surface area contributed by atoms with Crippen molar-refractivity contribution in [3.8, 4) is 11.1 Å². The molecule has 0 spiro atoms. The lowest BCUT2D eigenvalue weighted by molar-refractivity contribution is 0.589. The van der Waals surface area contributed by atoms with Crippen molar-refractivity contribution < 1.29 is 0 Å². The van der Waals surface area contributed by atoms with Crippen LogP contribution in [0, 0.1) is 0 Å². The summed E-state index contributed by atoms with van der Waals surface area (Å²) < 4.78 is 0. The minimum absolute atomic E-state index is 0.458. The monoisotopic (exact) mass is 302 g/mol. The van der Waals surface area contributed by atoms with Crippen LogP contribution in [0.25, 0.3) is 11.1 Å². The molecule has 0 atom stereocenters. The molecule has 0 aromatic heterocycles. The number of anilines is 1. The summed E-state index contributed by atoms with van der Waals surface area (Å²) in [6.07, 6.45) is 0. The summed E-state index contributed by atoms with van der Waals surface area (Å²) in [6, 6.07) is 15.2. The molecular weight excluding hydrogens is 280 g/mol. The molecule has 0 unspecified atom stereocenters. The van der Waals surface area contributed by atoms with Crippen LogP contribution in [0.5, 0.6) is 0 Å². The molecule has 0 saturated carbocycles. The lowest BCUT2D eigenvalue weighted by atomic mass is 10.0. The van der Waals surface area contributed by atoms with Gasteiger partial charge in [0.05, 0.1) is 0 Å². The van der Waals surface area contributed by atoms with Crippen LogP contribution in [0.4, 0.5) is 5.69 Å². The Labute approximate surface area is 132 Å². The third-order valence-corrected chi connectivity index (χ3v) is 3.82. The fourth-order valence-corrected chi connectivity index (χ4v) is 2.38. The number of rotatable bonds is 5. The zero-order valence-corrected chi connectivity index (χ0v) is 13.9. The van der Waals surface area contributed by atoms with Gasteiger partial charge in [-0.05, 0) is 34.9 Å². The Kier molecular flexibility index (Phi) is 5.27. The molecule has 0 aliphatic heterocycles. The van der Waals surface area contributed by atoms with Crippen LogP contribution in [0.15, 0.2) is 42.5 Å². The first kappa shape index (κ1) is 15.9. The van der Waals surface area contributed by atoms with Crippen molar-refractivity contribution in [2.75, 3.05) is 19.0 Å². The van der Waals surface area contributed by atoms with E-state index in [9.17, 15) is 0 Å². The smallest absolute Gasteiger partial charge is 0.0457 e. The van der Waals surface area contributed by atoms with Gasteiger partial charge in [0.1, 0.15) is 0 Å². The van der Waals surface area contributed by atoms with E-state index in [1.807, 2.05) is 20.2 Å². The summed E-state index contributed by atoms with van der Waals surface area (Å²) in [5, 5.41) is 4.21. The Hall–Kier alpha value is -1.51. The normalized spacial score (nSPS) is 11.0. The van der Waals surface area contributed by atoms with Crippen molar-refractivity contribution in [1.82, 2.24) is 5.32 Å². The Morgan fingerprint density at radius 1 is 1.00 bits per heavy atom. The third-order valence-electron chi connectivity index (χ3n) is 3.47. The van der Waals surface area contributed by atoms with Crippen molar-refractivity contribution in [2.45, 2.75) is 26.4 Å². The minimum atomic E-state index is 0.458. The highest BCUT2D eigenvalue weighted by Crippen LogP contribution is 2.27. The quantitative estimate of drug-likeness (QED) is 0.870. The Morgan fingerprint density at radius 2 is 1.62 bits per heavy atom. The van der Waals surface area contributed by atoms with Crippen LogP contribution in [0.3, 0.4) is 0 Å². The zero-order valence-electron chi connectivity index (χ0n) is 13.2. The molecule has 0 fully saturated rings. The molecule has 21 heavy (non-hydrogen) atoms. The maximum Gasteiger partial charge on any atom is 0.0457 e. The first-order chi connectivity index (χ1) is 9.97. The second-order valence-corrected chi connectivity index (χ2v) is 6.19. The molecule has 0 bridgehead atoms. The van der Waals surface area contributed by atoms with Crippen molar-refractivity contribution in [1.29, 1.82) is 0 Å². The topological polar surface area (TPSA) is 15.3 Å². The van der Waals surface area contributed by atoms with E-state index in [-0.39, 0.29) is 0 Å². The van der Waals surface area contributed by atoms with Gasteiger partial charge in [-0.2, -0.15) is 0 Å². The molecule has 0 aliphatic carbocycles. The van der Waals surface area contributed by atoms with E-state index >= 15 is 0 Å². The fraction of sp³-hybridized carbons (Fsp3) is 0.333. The van der Waals surface area contributed by atoms with E-state index in [2.05, 4.69) is 60.5 Å². The molecule has 2 aromatic carbocycles. The number of benzene rings is 2. The second-order valence-electron chi connectivity index (χ2n) is 5.78. The zero-order chi connectivity index (χ0) is 15.4. The van der Waals surface area contributed by atoms with E-state index in [0.29, 0.717) is 6.04 Å². The first-order valence-corrected chi connectivity index (χ1v) is 7.64. The average Bonchev–Trinajstić information content (AvgIpc) is 2.46. The number of hydrogen-bond acceptors (Lipinski definition) is 2. The van der Waals surface area contributed by atoms with Gasteiger partial charge in [-0.25, -0.2) is 0 Å². The molecule has 112 valence electrons. The van der Waals surface area contributed by atoms with Crippen molar-refractivity contribution in [2.24, 2.45) is 0 Å². The molecule has 0 saturated heterocycles. The number of nitrogens with one attached hydrogen (secondary N) is 1. The Balaban J connectivity index is 2.19. The first-order valence-electron chi connectivity index (χ1n) is 7.27. The predicted octanol–water partition coefficient (Wildman–Crippen LogP) is 4.57. The fourth-order valence-electron chi connectivity index (χ4n) is 2.14. The van der Waals surface area contributed by atoms with Crippen LogP contribution in [0.1, 0.15) is 19.4 Å². The van der Waals surface area contributed by atoms with Crippen molar-refractivity contribution >= 4 is 17.3 Å². The summed E-state index contributed by atoms with van der Waals surface area (Å²) in [5.41, 5.74) is 4.67. The van der Waals surface area contributed by atoms with Gasteiger partial charge in [0.2, 0.25) is 0 Å². The van der Waals surface area contributed by atoms with E-state index in [1.54, 1.807) is 0 Å². The van der Waals surface area contributed by atoms with Gasteiger partial charge in [0.15, 0.2) is 0 Å². The lowest BCUT2D eigenvalue weighted by Crippen LogP contribution is -2.21. The molecular formula is C18H23ClN2. The highest BCUT2D eigenvalue weighted by molar-refractivity contribution is 6.31. The molecule has 2 rings (SSSR count). The highest BCUT2D eigenvalue weighted by atomic mass is 35.5. The molecule has 0 amide bonds. The standard InChI is InChI=1S/C18H23ClN2/c1-13(2)20-12-16-6-5-15(11-18(16)19)14-7-9-17(10-8-14)21(3)4/h5-11,13,20H,12H2,1-4H3. The van der Waals surface area contributed by atoms with Gasteiger partial charge in [-0.3, -0.25) is 0 Å². The van der Waals surface area contributed by atoms with Gasteiger partial charge in [-0.1, -0.05) is 49.7 Å². The van der Waals surface area contributed by atoms with E-state index < -0.39 is 0 Å². The molecule has 0 radical (unpaired) electrons. The summed E-state index contributed by atoms with van der Waals surface area (Å²) >= 11 is 6.40. The number of halogens is 1. The van der Waals surface area contributed by atoms with Gasteiger partial charge in [0.25, 0.3) is 0 Å². The Morgan fingerprint density at radius 3 is 2.14 bits per heavy atom. The highest BCUT2D eigenvalue weighted by Gasteiger charge is 2.05. The summed E-state index contributed by atoms with van der Waals surface area (Å²) in [6.45, 7) is 5.07. The molecule has 1 N–H and O–H groups in total. The SMILES string of the molecule is CC(C)NCc1ccc(-c2ccc(N(C)C)cc2)cc1Cl. The predicted molar refractivity (Wildman–Crippen MR) is 93.2 cm³/mol. The van der Waals surface area contributed by atoms with Crippen molar-refractivity contribution in [3.05, 3.63) is 53.1 Å². The molecule has 0 heterocycles. The second kappa shape index (κ2) is 6.97.